The molecule has 2 aromatic rings. The Morgan fingerprint density at radius 2 is 1.64 bits per heavy atom. The van der Waals surface area contributed by atoms with E-state index in [-0.39, 0.29) is 0 Å². The maximum atomic E-state index is 12.8. The van der Waals surface area contributed by atoms with Gasteiger partial charge in [0, 0.05) is 0 Å². The molecule has 0 fully saturated rings. The van der Waals surface area contributed by atoms with Crippen molar-refractivity contribution >= 4 is 11.5 Å². The Labute approximate surface area is 127 Å². The molecule has 116 valence electrons. The maximum absolute atomic E-state index is 12.8. The van der Waals surface area contributed by atoms with E-state index in [0.717, 1.165) is 28.8 Å². The summed E-state index contributed by atoms with van der Waals surface area (Å²) in [7, 11) is 1.73. The van der Waals surface area contributed by atoms with E-state index in [2.05, 4.69) is 10.3 Å². The van der Waals surface area contributed by atoms with Gasteiger partial charge >= 0.3 is 6.18 Å². The number of aryl methyl sites for hydroxylation is 2. The number of halogens is 3. The van der Waals surface area contributed by atoms with Crippen molar-refractivity contribution in [2.24, 2.45) is 0 Å². The Balaban J connectivity index is 2.32. The van der Waals surface area contributed by atoms with Crippen LogP contribution in [0.3, 0.4) is 0 Å². The third kappa shape index (κ3) is 3.87. The van der Waals surface area contributed by atoms with E-state index in [1.165, 1.54) is 6.07 Å². The molecule has 0 aliphatic heterocycles. The fourth-order valence-corrected chi connectivity index (χ4v) is 2.32. The predicted octanol–water partition coefficient (Wildman–Crippen LogP) is 2.89. The zero-order valence-corrected chi connectivity index (χ0v) is 12.7. The summed E-state index contributed by atoms with van der Waals surface area (Å²) in [6.45, 7) is 3.96. The molecular formula is C17H18F3N2+. The smallest absolute Gasteiger partial charge is 0.277 e. The summed E-state index contributed by atoms with van der Waals surface area (Å²) in [5.41, 5.74) is 2.80. The van der Waals surface area contributed by atoms with Crippen molar-refractivity contribution in [1.82, 2.24) is 0 Å². The average molecular weight is 307 g/mol. The van der Waals surface area contributed by atoms with Crippen LogP contribution in [0.15, 0.2) is 42.5 Å². The summed E-state index contributed by atoms with van der Waals surface area (Å²) < 4.78 is 38.3. The molecule has 22 heavy (non-hydrogen) atoms. The molecule has 2 nitrogen and oxygen atoms in total. The number of benzene rings is 2. The average Bonchev–Trinajstić information content (AvgIpc) is 2.43. The molecule has 0 aliphatic rings. The Morgan fingerprint density at radius 1 is 1.00 bits per heavy atom. The van der Waals surface area contributed by atoms with E-state index in [1.54, 1.807) is 13.1 Å². The first kappa shape index (κ1) is 16.1. The van der Waals surface area contributed by atoms with Crippen molar-refractivity contribution in [2.45, 2.75) is 20.0 Å². The van der Waals surface area contributed by atoms with Crippen molar-refractivity contribution in [3.05, 3.63) is 64.7 Å². The summed E-state index contributed by atoms with van der Waals surface area (Å²) in [6.07, 6.45) is -4.35. The summed E-state index contributed by atoms with van der Waals surface area (Å²) in [5, 5.41) is 3.02. The van der Waals surface area contributed by atoms with E-state index in [9.17, 15) is 13.2 Å². The Kier molecular flexibility index (Phi) is 4.54. The fraction of sp³-hybridized carbons (Fsp3) is 0.235. The molecule has 0 amide bonds. The van der Waals surface area contributed by atoms with Gasteiger partial charge in [-0.1, -0.05) is 12.1 Å². The lowest BCUT2D eigenvalue weighted by atomic mass is 10.1. The quantitative estimate of drug-likeness (QED) is 0.647. The Hall–Kier alpha value is -2.30. The molecule has 0 unspecified atom stereocenters. The van der Waals surface area contributed by atoms with Crippen molar-refractivity contribution in [2.75, 3.05) is 12.4 Å². The minimum absolute atomic E-state index is 0.387. The lowest BCUT2D eigenvalue weighted by Gasteiger charge is -2.09. The van der Waals surface area contributed by atoms with Crippen molar-refractivity contribution in [1.29, 1.82) is 0 Å². The number of anilines is 1. The number of alkyl halides is 3. The van der Waals surface area contributed by atoms with Crippen molar-refractivity contribution in [3.8, 4) is 0 Å². The number of hydrogen-bond acceptors (Lipinski definition) is 0. The first-order valence-electron chi connectivity index (χ1n) is 6.87. The summed E-state index contributed by atoms with van der Waals surface area (Å²) in [6, 6.07) is 11.1. The van der Waals surface area contributed by atoms with E-state index in [1.807, 2.05) is 32.0 Å². The third-order valence-corrected chi connectivity index (χ3v) is 3.22. The highest BCUT2D eigenvalue weighted by Crippen LogP contribution is 2.30. The van der Waals surface area contributed by atoms with Gasteiger partial charge in [-0.25, -0.2) is 5.32 Å². The zero-order chi connectivity index (χ0) is 16.3. The van der Waals surface area contributed by atoms with Gasteiger partial charge in [0.25, 0.3) is 5.84 Å². The van der Waals surface area contributed by atoms with Gasteiger partial charge in [-0.2, -0.15) is 13.2 Å². The number of hydrogen-bond donors (Lipinski definition) is 2. The molecule has 0 atom stereocenters. The molecule has 0 heterocycles. The topological polar surface area (TPSA) is 26.0 Å². The van der Waals surface area contributed by atoms with Crippen LogP contribution in [0.25, 0.3) is 0 Å². The van der Waals surface area contributed by atoms with Crippen molar-refractivity contribution < 1.29 is 18.2 Å². The first-order valence-corrected chi connectivity index (χ1v) is 6.87. The zero-order valence-electron chi connectivity index (χ0n) is 12.7. The molecule has 0 radical (unpaired) electrons. The molecule has 2 N–H and O–H groups in total. The van der Waals surface area contributed by atoms with Crippen molar-refractivity contribution in [3.63, 3.8) is 0 Å². The lowest BCUT2D eigenvalue weighted by Crippen LogP contribution is -2.70. The van der Waals surface area contributed by atoms with E-state index < -0.39 is 11.7 Å². The second-order valence-corrected chi connectivity index (χ2v) is 5.20. The highest BCUT2D eigenvalue weighted by atomic mass is 19.4. The minimum Gasteiger partial charge on any atom is -0.277 e. The third-order valence-electron chi connectivity index (χ3n) is 3.22. The highest BCUT2D eigenvalue weighted by molar-refractivity contribution is 6.04. The van der Waals surface area contributed by atoms with Crippen LogP contribution < -0.4 is 10.3 Å². The van der Waals surface area contributed by atoms with E-state index in [4.69, 9.17) is 0 Å². The van der Waals surface area contributed by atoms with Gasteiger partial charge in [0.1, 0.15) is 5.69 Å². The van der Waals surface area contributed by atoms with E-state index in [0.29, 0.717) is 11.5 Å². The Bertz CT molecular complexity index is 683. The number of rotatable bonds is 2. The molecule has 0 bridgehead atoms. The largest absolute Gasteiger partial charge is 0.416 e. The van der Waals surface area contributed by atoms with E-state index >= 15 is 0 Å². The summed E-state index contributed by atoms with van der Waals surface area (Å²) in [5.74, 6) is 0.658. The molecule has 0 spiro atoms. The van der Waals surface area contributed by atoms with Gasteiger partial charge in [0.05, 0.1) is 18.2 Å². The molecular weight excluding hydrogens is 289 g/mol. The summed E-state index contributed by atoms with van der Waals surface area (Å²) >= 11 is 0. The van der Waals surface area contributed by atoms with Crippen LogP contribution in [0, 0.1) is 13.8 Å². The van der Waals surface area contributed by atoms with Gasteiger partial charge in [-0.3, -0.25) is 4.99 Å². The molecule has 5 heteroatoms. The van der Waals surface area contributed by atoms with Crippen LogP contribution in [-0.4, -0.2) is 12.9 Å². The standard InChI is InChI=1S/C17H17F3N2/c1-11-7-12(2)9-13(8-11)16(21-3)22-15-6-4-5-14(10-15)17(18,19)20/h4-10H,1-3H3,(H,21,22)/p+1. The SMILES string of the molecule is C[NH+]=C(Nc1cccc(C(F)(F)F)c1)c1cc(C)cc(C)c1. The molecule has 0 aromatic heterocycles. The van der Waals surface area contributed by atoms with Crippen LogP contribution in [0.5, 0.6) is 0 Å². The van der Waals surface area contributed by atoms with Crippen LogP contribution in [0.4, 0.5) is 18.9 Å². The highest BCUT2D eigenvalue weighted by Gasteiger charge is 2.31. The van der Waals surface area contributed by atoms with Crippen LogP contribution in [-0.2, 0) is 6.18 Å². The second-order valence-electron chi connectivity index (χ2n) is 5.20. The normalized spacial score (nSPS) is 12.4. The van der Waals surface area contributed by atoms with Gasteiger partial charge < -0.3 is 0 Å². The number of amidine groups is 1. The minimum atomic E-state index is -4.35. The summed E-state index contributed by atoms with van der Waals surface area (Å²) in [4.78, 5) is 3.00. The van der Waals surface area contributed by atoms with Gasteiger partial charge in [-0.05, 0) is 55.3 Å². The molecule has 0 aliphatic carbocycles. The first-order chi connectivity index (χ1) is 10.3. The van der Waals surface area contributed by atoms with Gasteiger partial charge in [0.2, 0.25) is 0 Å². The Morgan fingerprint density at radius 3 is 2.18 bits per heavy atom. The maximum Gasteiger partial charge on any atom is 0.416 e. The van der Waals surface area contributed by atoms with Gasteiger partial charge in [-0.15, -0.1) is 0 Å². The predicted molar refractivity (Wildman–Crippen MR) is 82.0 cm³/mol. The second kappa shape index (κ2) is 6.22. The van der Waals surface area contributed by atoms with Crippen LogP contribution in [0.1, 0.15) is 22.3 Å². The monoisotopic (exact) mass is 307 g/mol. The molecule has 2 rings (SSSR count). The van der Waals surface area contributed by atoms with Gasteiger partial charge in [0.15, 0.2) is 0 Å². The van der Waals surface area contributed by atoms with Crippen LogP contribution in [0.2, 0.25) is 0 Å². The number of nitrogens with one attached hydrogen (secondary N) is 2. The molecule has 0 saturated carbocycles. The molecule has 2 aromatic carbocycles. The molecule has 0 saturated heterocycles. The van der Waals surface area contributed by atoms with Crippen LogP contribution >= 0.6 is 0 Å². The fourth-order valence-electron chi connectivity index (χ4n) is 2.32. The lowest BCUT2D eigenvalue weighted by molar-refractivity contribution is -0.419.